The van der Waals surface area contributed by atoms with Crippen molar-refractivity contribution in [2.75, 3.05) is 0 Å². The zero-order valence-electron chi connectivity index (χ0n) is 10.8. The van der Waals surface area contributed by atoms with Crippen molar-refractivity contribution in [2.24, 2.45) is 10.1 Å². The molecular formula is C14H11ClN4OS. The summed E-state index contributed by atoms with van der Waals surface area (Å²) >= 11 is 4.29. The molecule has 7 heteroatoms. The van der Waals surface area contributed by atoms with Crippen LogP contribution in [0.1, 0.15) is 0 Å². The Kier molecular flexibility index (Phi) is 3.59. The number of hydrogen-bond donors (Lipinski definition) is 3. The molecule has 0 saturated carbocycles. The van der Waals surface area contributed by atoms with Gasteiger partial charge in [0.15, 0.2) is 0 Å². The largest absolute Gasteiger partial charge is 0.586 e. The number of hydrogen-bond acceptors (Lipinski definition) is 4. The number of allylic oxidation sites excluding steroid dienone is 4. The van der Waals surface area contributed by atoms with Gasteiger partial charge in [-0.25, -0.2) is 0 Å². The molecule has 1 aromatic heterocycles. The molecular weight excluding hydrogens is 308 g/mol. The molecule has 0 radical (unpaired) electrons. The van der Waals surface area contributed by atoms with Crippen molar-refractivity contribution < 1.29 is 4.55 Å². The van der Waals surface area contributed by atoms with E-state index in [1.807, 2.05) is 0 Å². The highest BCUT2D eigenvalue weighted by Crippen LogP contribution is 2.26. The van der Waals surface area contributed by atoms with Gasteiger partial charge in [-0.2, -0.15) is 0 Å². The van der Waals surface area contributed by atoms with Crippen molar-refractivity contribution in [3.05, 3.63) is 53.3 Å². The fourth-order valence-electron chi connectivity index (χ4n) is 1.99. The predicted octanol–water partition coefficient (Wildman–Crippen LogP) is 2.72. The van der Waals surface area contributed by atoms with Gasteiger partial charge in [0.1, 0.15) is 22.8 Å². The van der Waals surface area contributed by atoms with E-state index in [0.717, 1.165) is 10.9 Å². The van der Waals surface area contributed by atoms with Crippen molar-refractivity contribution in [3.63, 3.8) is 0 Å². The van der Waals surface area contributed by atoms with Crippen LogP contribution in [0, 0.1) is 5.41 Å². The van der Waals surface area contributed by atoms with E-state index >= 15 is 0 Å². The highest BCUT2D eigenvalue weighted by Gasteiger charge is 2.20. The zero-order chi connectivity index (χ0) is 15.0. The monoisotopic (exact) mass is 318 g/mol. The van der Waals surface area contributed by atoms with E-state index in [-0.39, 0.29) is 5.71 Å². The molecule has 21 heavy (non-hydrogen) atoms. The number of nitrogens with two attached hydrogens (primary N) is 1. The smallest absolute Gasteiger partial charge is 0.207 e. The van der Waals surface area contributed by atoms with Crippen LogP contribution in [0.3, 0.4) is 0 Å². The Bertz CT molecular complexity index is 821. The third-order valence-corrected chi connectivity index (χ3v) is 4.36. The van der Waals surface area contributed by atoms with E-state index in [1.54, 1.807) is 42.6 Å². The van der Waals surface area contributed by atoms with E-state index in [4.69, 9.17) is 22.7 Å². The van der Waals surface area contributed by atoms with Crippen molar-refractivity contribution in [3.8, 4) is 0 Å². The topological polar surface area (TPSA) is 101 Å². The van der Waals surface area contributed by atoms with Crippen LogP contribution < -0.4 is 5.73 Å². The van der Waals surface area contributed by atoms with E-state index < -0.39 is 11.4 Å². The average molecular weight is 319 g/mol. The molecule has 0 aliphatic heterocycles. The molecule has 1 atom stereocenters. The molecule has 1 aliphatic carbocycles. The molecule has 1 aliphatic rings. The third kappa shape index (κ3) is 2.61. The number of benzene rings is 1. The van der Waals surface area contributed by atoms with E-state index in [9.17, 15) is 4.55 Å². The van der Waals surface area contributed by atoms with Gasteiger partial charge in [-0.1, -0.05) is 22.1 Å². The number of H-pyrrole nitrogens is 1. The van der Waals surface area contributed by atoms with Crippen LogP contribution in [0.2, 0.25) is 5.02 Å². The Morgan fingerprint density at radius 1 is 1.38 bits per heavy atom. The van der Waals surface area contributed by atoms with Crippen LogP contribution >= 0.6 is 11.6 Å². The van der Waals surface area contributed by atoms with Crippen molar-refractivity contribution in [2.45, 2.75) is 4.90 Å². The van der Waals surface area contributed by atoms with Crippen LogP contribution in [-0.2, 0) is 11.4 Å². The first kappa shape index (κ1) is 13.9. The molecule has 0 spiro atoms. The maximum atomic E-state index is 12.4. The summed E-state index contributed by atoms with van der Waals surface area (Å²) in [7, 11) is 0. The minimum atomic E-state index is -1.63. The summed E-state index contributed by atoms with van der Waals surface area (Å²) in [6.07, 6.45) is 6.54. The number of rotatable bonds is 2. The summed E-state index contributed by atoms with van der Waals surface area (Å²) < 4.78 is 16.5. The summed E-state index contributed by atoms with van der Waals surface area (Å²) in [5, 5.41) is 9.22. The average Bonchev–Trinajstić information content (AvgIpc) is 2.86. The minimum Gasteiger partial charge on any atom is -0.586 e. The first-order valence-electron chi connectivity index (χ1n) is 6.06. The molecule has 1 aromatic carbocycles. The van der Waals surface area contributed by atoms with Gasteiger partial charge in [0.25, 0.3) is 0 Å². The Morgan fingerprint density at radius 3 is 3.00 bits per heavy atom. The molecule has 0 amide bonds. The fourth-order valence-corrected chi connectivity index (χ4v) is 3.12. The standard InChI is InChI=1S/C14H11ClN4OS/c15-8-4-5-9-12(6-8)18-7-13(9)21(20)19-11-3-1-2-10(16)14(11)17/h1-7,17-18H,16H2. The van der Waals surface area contributed by atoms with Crippen LogP contribution in [0.5, 0.6) is 0 Å². The van der Waals surface area contributed by atoms with Gasteiger partial charge in [-0.3, -0.25) is 5.41 Å². The van der Waals surface area contributed by atoms with Gasteiger partial charge in [0.2, 0.25) is 4.90 Å². The molecule has 2 aromatic rings. The number of fused-ring (bicyclic) bond motifs is 1. The van der Waals surface area contributed by atoms with Crippen LogP contribution in [0.25, 0.3) is 10.9 Å². The summed E-state index contributed by atoms with van der Waals surface area (Å²) in [6, 6.07) is 5.28. The first-order valence-corrected chi connectivity index (χ1v) is 7.55. The molecule has 106 valence electrons. The van der Waals surface area contributed by atoms with Gasteiger partial charge in [0, 0.05) is 5.02 Å². The zero-order valence-corrected chi connectivity index (χ0v) is 12.3. The Labute approximate surface area is 129 Å². The maximum Gasteiger partial charge on any atom is 0.207 e. The van der Waals surface area contributed by atoms with Gasteiger partial charge in [0.05, 0.1) is 22.8 Å². The lowest BCUT2D eigenvalue weighted by atomic mass is 10.1. The van der Waals surface area contributed by atoms with Crippen LogP contribution in [0.4, 0.5) is 0 Å². The molecule has 1 unspecified atom stereocenters. The SMILES string of the molecule is N=C1C(N)=CC=CC1=N[S+]([O-])c1c[nH]c2cc(Cl)ccc12. The fraction of sp³-hybridized carbons (Fsp3) is 0. The second-order valence-electron chi connectivity index (χ2n) is 4.42. The highest BCUT2D eigenvalue weighted by atomic mass is 35.5. The number of aromatic amines is 1. The molecule has 0 fully saturated rings. The van der Waals surface area contributed by atoms with Gasteiger partial charge < -0.3 is 15.3 Å². The summed E-state index contributed by atoms with van der Waals surface area (Å²) in [5.74, 6) is 0. The number of halogens is 1. The minimum absolute atomic E-state index is 0.0775. The molecule has 4 N–H and O–H groups in total. The predicted molar refractivity (Wildman–Crippen MR) is 86.3 cm³/mol. The third-order valence-electron chi connectivity index (χ3n) is 3.05. The molecule has 5 nitrogen and oxygen atoms in total. The summed E-state index contributed by atoms with van der Waals surface area (Å²) in [4.78, 5) is 3.56. The van der Waals surface area contributed by atoms with Crippen molar-refractivity contribution >= 4 is 45.3 Å². The Balaban J connectivity index is 1.98. The Hall–Kier alpha value is -2.02. The van der Waals surface area contributed by atoms with Gasteiger partial charge in [-0.05, 0) is 30.4 Å². The van der Waals surface area contributed by atoms with E-state index in [1.165, 1.54) is 0 Å². The number of nitrogens with zero attached hydrogens (tertiary/aromatic N) is 1. The van der Waals surface area contributed by atoms with Crippen LogP contribution in [0.15, 0.2) is 57.6 Å². The number of nitrogens with one attached hydrogen (secondary N) is 2. The molecule has 0 bridgehead atoms. The lowest BCUT2D eigenvalue weighted by Crippen LogP contribution is -2.22. The lowest BCUT2D eigenvalue weighted by Gasteiger charge is -2.08. The second kappa shape index (κ2) is 5.40. The number of aromatic nitrogens is 1. The van der Waals surface area contributed by atoms with Crippen LogP contribution in [-0.4, -0.2) is 21.0 Å². The summed E-state index contributed by atoms with van der Waals surface area (Å²) in [6.45, 7) is 0. The molecule has 3 rings (SSSR count). The highest BCUT2D eigenvalue weighted by molar-refractivity contribution is 7.90. The van der Waals surface area contributed by atoms with E-state index in [2.05, 4.69) is 9.38 Å². The summed E-state index contributed by atoms with van der Waals surface area (Å²) in [5.41, 5.74) is 7.13. The Morgan fingerprint density at radius 2 is 2.19 bits per heavy atom. The maximum absolute atomic E-state index is 12.4. The molecule has 0 saturated heterocycles. The second-order valence-corrected chi connectivity index (χ2v) is 5.98. The van der Waals surface area contributed by atoms with Crippen molar-refractivity contribution in [1.29, 1.82) is 5.41 Å². The normalized spacial score (nSPS) is 18.3. The molecule has 1 heterocycles. The first-order chi connectivity index (χ1) is 10.1. The van der Waals surface area contributed by atoms with Gasteiger partial charge >= 0.3 is 0 Å². The van der Waals surface area contributed by atoms with Crippen molar-refractivity contribution in [1.82, 2.24) is 4.98 Å². The van der Waals surface area contributed by atoms with Gasteiger partial charge in [-0.15, -0.1) is 0 Å². The van der Waals surface area contributed by atoms with E-state index in [0.29, 0.717) is 21.3 Å². The lowest BCUT2D eigenvalue weighted by molar-refractivity contribution is 0.598. The quantitative estimate of drug-likeness (QED) is 0.585.